The van der Waals surface area contributed by atoms with E-state index in [-0.39, 0.29) is 11.6 Å². The highest BCUT2D eigenvalue weighted by atomic mass is 16.5. The maximum atomic E-state index is 12.1. The molecular formula is C14H13N5O3. The number of ether oxygens (including phenoxy) is 2. The van der Waals surface area contributed by atoms with E-state index in [1.54, 1.807) is 42.3 Å². The lowest BCUT2D eigenvalue weighted by Crippen LogP contribution is -2.13. The molecule has 0 aliphatic heterocycles. The molecule has 0 radical (unpaired) electrons. The van der Waals surface area contributed by atoms with Crippen molar-refractivity contribution in [3.63, 3.8) is 0 Å². The van der Waals surface area contributed by atoms with Crippen molar-refractivity contribution < 1.29 is 9.47 Å². The average Bonchev–Trinajstić information content (AvgIpc) is 2.93. The molecule has 8 nitrogen and oxygen atoms in total. The molecule has 0 fully saturated rings. The number of hydrogen-bond acceptors (Lipinski definition) is 6. The van der Waals surface area contributed by atoms with Gasteiger partial charge in [0.2, 0.25) is 5.75 Å². The van der Waals surface area contributed by atoms with Gasteiger partial charge in [-0.1, -0.05) is 6.07 Å². The highest BCUT2D eigenvalue weighted by Crippen LogP contribution is 2.27. The van der Waals surface area contributed by atoms with Gasteiger partial charge in [0.25, 0.3) is 11.4 Å². The van der Waals surface area contributed by atoms with E-state index in [0.29, 0.717) is 17.3 Å². The van der Waals surface area contributed by atoms with Crippen LogP contribution in [-0.2, 0) is 7.05 Å². The molecule has 0 aromatic carbocycles. The Hall–Kier alpha value is -3.16. The lowest BCUT2D eigenvalue weighted by atomic mass is 10.3. The Balaban J connectivity index is 2.07. The Morgan fingerprint density at radius 3 is 2.82 bits per heavy atom. The van der Waals surface area contributed by atoms with E-state index in [4.69, 9.17) is 9.47 Å². The molecule has 3 rings (SSSR count). The van der Waals surface area contributed by atoms with E-state index >= 15 is 0 Å². The highest BCUT2D eigenvalue weighted by Gasteiger charge is 2.16. The molecule has 0 aliphatic carbocycles. The lowest BCUT2D eigenvalue weighted by molar-refractivity contribution is 0.363. The van der Waals surface area contributed by atoms with Crippen molar-refractivity contribution in [2.75, 3.05) is 7.11 Å². The van der Waals surface area contributed by atoms with Crippen LogP contribution < -0.4 is 15.0 Å². The van der Waals surface area contributed by atoms with E-state index in [1.807, 2.05) is 0 Å². The first-order valence-electron chi connectivity index (χ1n) is 6.43. The number of aromatic amines is 1. The topological polar surface area (TPSA) is 94.9 Å². The molecule has 8 heteroatoms. The van der Waals surface area contributed by atoms with Gasteiger partial charge < -0.3 is 14.5 Å². The number of hydrogen-bond donors (Lipinski definition) is 1. The summed E-state index contributed by atoms with van der Waals surface area (Å²) in [4.78, 5) is 23.2. The van der Waals surface area contributed by atoms with Crippen LogP contribution >= 0.6 is 0 Å². The lowest BCUT2D eigenvalue weighted by Gasteiger charge is -2.08. The first kappa shape index (κ1) is 13.8. The van der Waals surface area contributed by atoms with Crippen LogP contribution in [0, 0.1) is 0 Å². The number of aromatic nitrogens is 5. The average molecular weight is 299 g/mol. The quantitative estimate of drug-likeness (QED) is 0.781. The van der Waals surface area contributed by atoms with Crippen molar-refractivity contribution in [3.8, 4) is 28.9 Å². The summed E-state index contributed by atoms with van der Waals surface area (Å²) in [6.07, 6.45) is 4.78. The van der Waals surface area contributed by atoms with Gasteiger partial charge in [-0.15, -0.1) is 0 Å². The maximum Gasteiger partial charge on any atom is 0.297 e. The number of methoxy groups -OCH3 is 1. The van der Waals surface area contributed by atoms with Gasteiger partial charge in [-0.3, -0.25) is 14.5 Å². The zero-order chi connectivity index (χ0) is 15.5. The Kier molecular flexibility index (Phi) is 3.57. The van der Waals surface area contributed by atoms with Gasteiger partial charge in [-0.25, -0.2) is 0 Å². The monoisotopic (exact) mass is 299 g/mol. The van der Waals surface area contributed by atoms with E-state index in [0.717, 1.165) is 0 Å². The molecule has 1 N–H and O–H groups in total. The molecule has 22 heavy (non-hydrogen) atoms. The Labute approximate surface area is 125 Å². The van der Waals surface area contributed by atoms with Crippen LogP contribution in [0.15, 0.2) is 41.6 Å². The van der Waals surface area contributed by atoms with Gasteiger partial charge in [-0.05, 0) is 12.1 Å². The third kappa shape index (κ3) is 2.66. The minimum atomic E-state index is -0.447. The summed E-state index contributed by atoms with van der Waals surface area (Å²) in [6, 6.07) is 5.31. The fraction of sp³-hybridized carbons (Fsp3) is 0.143. The summed E-state index contributed by atoms with van der Waals surface area (Å²) < 4.78 is 12.2. The second kappa shape index (κ2) is 5.68. The summed E-state index contributed by atoms with van der Waals surface area (Å²) >= 11 is 0. The molecule has 3 heterocycles. The first-order valence-corrected chi connectivity index (χ1v) is 6.43. The first-order chi connectivity index (χ1) is 10.7. The number of H-pyrrole nitrogens is 1. The van der Waals surface area contributed by atoms with Crippen LogP contribution in [0.1, 0.15) is 0 Å². The molecule has 112 valence electrons. The van der Waals surface area contributed by atoms with Crippen LogP contribution in [0.4, 0.5) is 0 Å². The third-order valence-electron chi connectivity index (χ3n) is 2.85. The minimum absolute atomic E-state index is 0.0106. The maximum absolute atomic E-state index is 12.1. The SMILES string of the molecule is COc1c(Oc2cnn(C)c2)nc(-c2ccccn2)[nH]c1=O. The van der Waals surface area contributed by atoms with Crippen molar-refractivity contribution in [3.05, 3.63) is 47.1 Å². The van der Waals surface area contributed by atoms with Crippen LogP contribution in [0.5, 0.6) is 17.4 Å². The molecule has 0 amide bonds. The van der Waals surface area contributed by atoms with Gasteiger partial charge in [0, 0.05) is 13.2 Å². The fourth-order valence-corrected chi connectivity index (χ4v) is 1.88. The van der Waals surface area contributed by atoms with Gasteiger partial charge in [0.15, 0.2) is 11.6 Å². The molecule has 0 bridgehead atoms. The van der Waals surface area contributed by atoms with Crippen LogP contribution in [-0.4, -0.2) is 31.8 Å². The Morgan fingerprint density at radius 2 is 2.18 bits per heavy atom. The van der Waals surface area contributed by atoms with Gasteiger partial charge in [0.05, 0.1) is 19.5 Å². The molecule has 0 saturated carbocycles. The zero-order valence-corrected chi connectivity index (χ0v) is 12.0. The number of pyridine rings is 1. The normalized spacial score (nSPS) is 10.5. The predicted octanol–water partition coefficient (Wildman–Crippen LogP) is 1.37. The smallest absolute Gasteiger partial charge is 0.297 e. The molecule has 3 aromatic rings. The standard InChI is InChI=1S/C14H13N5O3/c1-19-8-9(7-16-19)22-14-11(21-2)13(20)17-12(18-14)10-5-3-4-6-15-10/h3-8H,1-2H3,(H,17,18,20). The summed E-state index contributed by atoms with van der Waals surface area (Å²) in [7, 11) is 3.14. The number of rotatable bonds is 4. The fourth-order valence-electron chi connectivity index (χ4n) is 1.88. The molecule has 3 aromatic heterocycles. The zero-order valence-electron chi connectivity index (χ0n) is 12.0. The largest absolute Gasteiger partial charge is 0.487 e. The molecule has 0 aliphatic rings. The number of nitrogens with zero attached hydrogens (tertiary/aromatic N) is 4. The molecular weight excluding hydrogens is 286 g/mol. The summed E-state index contributed by atoms with van der Waals surface area (Å²) in [5, 5.41) is 4.00. The van der Waals surface area contributed by atoms with E-state index < -0.39 is 5.56 Å². The van der Waals surface area contributed by atoms with Gasteiger partial charge in [-0.2, -0.15) is 10.1 Å². The van der Waals surface area contributed by atoms with Crippen molar-refractivity contribution in [2.45, 2.75) is 0 Å². The van der Waals surface area contributed by atoms with Gasteiger partial charge >= 0.3 is 0 Å². The van der Waals surface area contributed by atoms with Crippen molar-refractivity contribution >= 4 is 0 Å². The second-order valence-electron chi connectivity index (χ2n) is 4.42. The Bertz CT molecular complexity index is 841. The summed E-state index contributed by atoms with van der Waals surface area (Å²) in [5.41, 5.74) is 0.0790. The molecule has 0 atom stereocenters. The van der Waals surface area contributed by atoms with Crippen LogP contribution in [0.25, 0.3) is 11.5 Å². The van der Waals surface area contributed by atoms with E-state index in [9.17, 15) is 4.79 Å². The second-order valence-corrected chi connectivity index (χ2v) is 4.42. The van der Waals surface area contributed by atoms with E-state index in [2.05, 4.69) is 20.1 Å². The summed E-state index contributed by atoms with van der Waals surface area (Å²) in [5.74, 6) is 0.791. The van der Waals surface area contributed by atoms with Crippen molar-refractivity contribution in [1.29, 1.82) is 0 Å². The number of aryl methyl sites for hydroxylation is 1. The van der Waals surface area contributed by atoms with Crippen molar-refractivity contribution in [2.24, 2.45) is 7.05 Å². The van der Waals surface area contributed by atoms with Crippen LogP contribution in [0.2, 0.25) is 0 Å². The highest BCUT2D eigenvalue weighted by molar-refractivity contribution is 5.51. The van der Waals surface area contributed by atoms with Crippen molar-refractivity contribution in [1.82, 2.24) is 24.7 Å². The van der Waals surface area contributed by atoms with E-state index in [1.165, 1.54) is 13.3 Å². The molecule has 0 spiro atoms. The molecule has 0 saturated heterocycles. The summed E-state index contributed by atoms with van der Waals surface area (Å²) in [6.45, 7) is 0. The number of nitrogens with one attached hydrogen (secondary N) is 1. The van der Waals surface area contributed by atoms with Crippen LogP contribution in [0.3, 0.4) is 0 Å². The van der Waals surface area contributed by atoms with Gasteiger partial charge in [0.1, 0.15) is 5.69 Å². The predicted molar refractivity (Wildman–Crippen MR) is 77.9 cm³/mol. The Morgan fingerprint density at radius 1 is 1.32 bits per heavy atom. The molecule has 0 unspecified atom stereocenters. The third-order valence-corrected chi connectivity index (χ3v) is 2.85. The minimum Gasteiger partial charge on any atom is -0.487 e.